The highest BCUT2D eigenvalue weighted by atomic mass is 35.5. The first-order chi connectivity index (χ1) is 8.51. The van der Waals surface area contributed by atoms with Crippen molar-refractivity contribution in [3.8, 4) is 0 Å². The number of hydrogen-bond donors (Lipinski definition) is 0. The molecule has 0 bridgehead atoms. The molecule has 2 rings (SSSR count). The largest absolute Gasteiger partial charge is 0.269 e. The van der Waals surface area contributed by atoms with Crippen LogP contribution in [0.1, 0.15) is 0 Å². The molecule has 2 heterocycles. The molecule has 0 amide bonds. The standard InChI is InChI=1S/C10H9ClN4O2S/c1-15(8-2-4-12-5-3-8)18(16,17)9-6-13-10(11)14-7-9/h2-7H,1H3. The molecule has 0 radical (unpaired) electrons. The highest BCUT2D eigenvalue weighted by Crippen LogP contribution is 2.20. The van der Waals surface area contributed by atoms with Gasteiger partial charge < -0.3 is 0 Å². The zero-order valence-electron chi connectivity index (χ0n) is 9.36. The second-order valence-electron chi connectivity index (χ2n) is 3.37. The summed E-state index contributed by atoms with van der Waals surface area (Å²) in [7, 11) is -2.24. The van der Waals surface area contributed by atoms with E-state index >= 15 is 0 Å². The van der Waals surface area contributed by atoms with Crippen molar-refractivity contribution in [2.24, 2.45) is 0 Å². The van der Waals surface area contributed by atoms with E-state index in [1.807, 2.05) is 0 Å². The van der Waals surface area contributed by atoms with Crippen molar-refractivity contribution in [1.29, 1.82) is 0 Å². The molecule has 0 aliphatic heterocycles. The van der Waals surface area contributed by atoms with Crippen LogP contribution in [0.4, 0.5) is 5.69 Å². The van der Waals surface area contributed by atoms with Crippen molar-refractivity contribution in [3.63, 3.8) is 0 Å². The fourth-order valence-corrected chi connectivity index (χ4v) is 2.47. The van der Waals surface area contributed by atoms with Gasteiger partial charge in [0, 0.05) is 19.4 Å². The smallest absolute Gasteiger partial charge is 0.267 e. The predicted octanol–water partition coefficient (Wildman–Crippen LogP) is 1.35. The predicted molar refractivity (Wildman–Crippen MR) is 66.9 cm³/mol. The Hall–Kier alpha value is -1.73. The Morgan fingerprint density at radius 1 is 1.17 bits per heavy atom. The molecule has 0 aliphatic carbocycles. The van der Waals surface area contributed by atoms with Crippen LogP contribution in [0.5, 0.6) is 0 Å². The van der Waals surface area contributed by atoms with Crippen LogP contribution in [0.25, 0.3) is 0 Å². The number of anilines is 1. The molecule has 0 atom stereocenters. The Morgan fingerprint density at radius 3 is 2.28 bits per heavy atom. The molecule has 0 saturated heterocycles. The normalized spacial score (nSPS) is 11.2. The summed E-state index contributed by atoms with van der Waals surface area (Å²) in [5, 5.41) is 0.000476. The average Bonchev–Trinajstić information content (AvgIpc) is 2.39. The van der Waals surface area contributed by atoms with Gasteiger partial charge in [-0.25, -0.2) is 18.4 Å². The van der Waals surface area contributed by atoms with Gasteiger partial charge in [-0.05, 0) is 23.7 Å². The monoisotopic (exact) mass is 284 g/mol. The molecule has 2 aromatic heterocycles. The lowest BCUT2D eigenvalue weighted by Crippen LogP contribution is -2.26. The molecule has 0 saturated carbocycles. The van der Waals surface area contributed by atoms with E-state index in [0.29, 0.717) is 5.69 Å². The van der Waals surface area contributed by atoms with Gasteiger partial charge in [-0.2, -0.15) is 0 Å². The summed E-state index contributed by atoms with van der Waals surface area (Å²) in [5.41, 5.74) is 0.500. The molecule has 6 nitrogen and oxygen atoms in total. The zero-order valence-corrected chi connectivity index (χ0v) is 10.9. The molecule has 0 unspecified atom stereocenters. The van der Waals surface area contributed by atoms with Crippen molar-refractivity contribution in [2.75, 3.05) is 11.4 Å². The molecular weight excluding hydrogens is 276 g/mol. The van der Waals surface area contributed by atoms with E-state index in [1.165, 1.54) is 31.8 Å². The molecule has 0 N–H and O–H groups in total. The number of hydrogen-bond acceptors (Lipinski definition) is 5. The van der Waals surface area contributed by atoms with E-state index in [2.05, 4.69) is 15.0 Å². The van der Waals surface area contributed by atoms with E-state index < -0.39 is 10.0 Å². The summed E-state index contributed by atoms with van der Waals surface area (Å²) in [5.74, 6) is 0. The maximum absolute atomic E-state index is 12.2. The maximum atomic E-state index is 12.2. The van der Waals surface area contributed by atoms with Gasteiger partial charge in [0.2, 0.25) is 5.28 Å². The third-order valence-corrected chi connectivity index (χ3v) is 4.21. The quantitative estimate of drug-likeness (QED) is 0.795. The van der Waals surface area contributed by atoms with Crippen molar-refractivity contribution in [2.45, 2.75) is 4.90 Å². The third kappa shape index (κ3) is 2.41. The molecule has 2 aromatic rings. The van der Waals surface area contributed by atoms with Crippen LogP contribution in [0.15, 0.2) is 41.8 Å². The van der Waals surface area contributed by atoms with Crippen molar-refractivity contribution in [3.05, 3.63) is 42.2 Å². The number of aromatic nitrogens is 3. The lowest BCUT2D eigenvalue weighted by atomic mass is 10.4. The van der Waals surface area contributed by atoms with Crippen molar-refractivity contribution in [1.82, 2.24) is 15.0 Å². The lowest BCUT2D eigenvalue weighted by Gasteiger charge is -2.18. The molecule has 18 heavy (non-hydrogen) atoms. The average molecular weight is 285 g/mol. The van der Waals surface area contributed by atoms with Gasteiger partial charge in [0.15, 0.2) is 0 Å². The second kappa shape index (κ2) is 4.87. The van der Waals surface area contributed by atoms with Crippen molar-refractivity contribution < 1.29 is 8.42 Å². The molecule has 0 aromatic carbocycles. The van der Waals surface area contributed by atoms with Crippen molar-refractivity contribution >= 4 is 27.3 Å². The molecule has 8 heteroatoms. The summed E-state index contributed by atoms with van der Waals surface area (Å²) < 4.78 is 25.6. The lowest BCUT2D eigenvalue weighted by molar-refractivity contribution is 0.593. The highest BCUT2D eigenvalue weighted by molar-refractivity contribution is 7.92. The first-order valence-electron chi connectivity index (χ1n) is 4.88. The SMILES string of the molecule is CN(c1ccncc1)S(=O)(=O)c1cnc(Cl)nc1. The fourth-order valence-electron chi connectivity index (χ4n) is 1.28. The minimum Gasteiger partial charge on any atom is -0.269 e. The van der Waals surface area contributed by atoms with E-state index in [-0.39, 0.29) is 10.2 Å². The van der Waals surface area contributed by atoms with Gasteiger partial charge in [-0.1, -0.05) is 0 Å². The summed E-state index contributed by atoms with van der Waals surface area (Å²) in [4.78, 5) is 11.1. The number of rotatable bonds is 3. The third-order valence-electron chi connectivity index (χ3n) is 2.28. The number of pyridine rings is 1. The first-order valence-corrected chi connectivity index (χ1v) is 6.70. The Labute approximate surface area is 109 Å². The Balaban J connectivity index is 2.40. The van der Waals surface area contributed by atoms with Crippen LogP contribution in [0.3, 0.4) is 0 Å². The van der Waals surface area contributed by atoms with Crippen LogP contribution in [0, 0.1) is 0 Å². The summed E-state index contributed by atoms with van der Waals surface area (Å²) >= 11 is 5.52. The summed E-state index contributed by atoms with van der Waals surface area (Å²) in [6.45, 7) is 0. The number of halogens is 1. The molecule has 94 valence electrons. The second-order valence-corrected chi connectivity index (χ2v) is 5.67. The summed E-state index contributed by atoms with van der Waals surface area (Å²) in [6.07, 6.45) is 5.37. The summed E-state index contributed by atoms with van der Waals surface area (Å²) in [6, 6.07) is 3.18. The maximum Gasteiger partial charge on any atom is 0.267 e. The Bertz CT molecular complexity index is 631. The molecule has 0 spiro atoms. The Morgan fingerprint density at radius 2 is 1.72 bits per heavy atom. The molecular formula is C10H9ClN4O2S. The van der Waals surface area contributed by atoms with Gasteiger partial charge in [0.05, 0.1) is 18.1 Å². The van der Waals surface area contributed by atoms with E-state index in [4.69, 9.17) is 11.6 Å². The van der Waals surface area contributed by atoms with E-state index in [9.17, 15) is 8.42 Å². The van der Waals surface area contributed by atoms with Gasteiger partial charge in [0.25, 0.3) is 10.0 Å². The van der Waals surface area contributed by atoms with Crippen LogP contribution in [-0.4, -0.2) is 30.4 Å². The van der Waals surface area contributed by atoms with Gasteiger partial charge in [-0.15, -0.1) is 0 Å². The minimum absolute atomic E-state index is 0.000476. The fraction of sp³-hybridized carbons (Fsp3) is 0.100. The van der Waals surface area contributed by atoms with Crippen LogP contribution in [-0.2, 0) is 10.0 Å². The molecule has 0 fully saturated rings. The highest BCUT2D eigenvalue weighted by Gasteiger charge is 2.21. The van der Waals surface area contributed by atoms with E-state index in [0.717, 1.165) is 4.31 Å². The van der Waals surface area contributed by atoms with Crippen LogP contribution in [0.2, 0.25) is 5.28 Å². The number of sulfonamides is 1. The van der Waals surface area contributed by atoms with E-state index in [1.54, 1.807) is 12.1 Å². The topological polar surface area (TPSA) is 76.1 Å². The van der Waals surface area contributed by atoms with Gasteiger partial charge in [-0.3, -0.25) is 9.29 Å². The minimum atomic E-state index is -3.69. The zero-order chi connectivity index (χ0) is 13.2. The molecule has 0 aliphatic rings. The van der Waals surface area contributed by atoms with Gasteiger partial charge >= 0.3 is 0 Å². The first kappa shape index (κ1) is 12.7. The van der Waals surface area contributed by atoms with Crippen LogP contribution < -0.4 is 4.31 Å². The van der Waals surface area contributed by atoms with Gasteiger partial charge in [0.1, 0.15) is 4.90 Å². The van der Waals surface area contributed by atoms with Crippen LogP contribution >= 0.6 is 11.6 Å². The number of nitrogens with zero attached hydrogens (tertiary/aromatic N) is 4. The Kier molecular flexibility index (Phi) is 3.44.